The van der Waals surface area contributed by atoms with Gasteiger partial charge in [-0.15, -0.1) is 0 Å². The van der Waals surface area contributed by atoms with Crippen LogP contribution in [0.15, 0.2) is 42.5 Å². The topological polar surface area (TPSA) is 80.4 Å². The molecule has 2 aromatic rings. The number of aliphatic carboxylic acids is 1. The van der Waals surface area contributed by atoms with Crippen LogP contribution < -0.4 is 0 Å². The number of hydrogen-bond donors (Lipinski definition) is 1. The minimum absolute atomic E-state index is 0.0384. The van der Waals surface area contributed by atoms with Gasteiger partial charge in [0.2, 0.25) is 0 Å². The number of carboxylic acid groups (broad SMARTS) is 1. The van der Waals surface area contributed by atoms with E-state index >= 15 is 0 Å². The van der Waals surface area contributed by atoms with Gasteiger partial charge in [0.15, 0.2) is 0 Å². The van der Waals surface area contributed by atoms with Gasteiger partial charge < -0.3 is 5.11 Å². The summed E-state index contributed by atoms with van der Waals surface area (Å²) < 4.78 is 40.4. The van der Waals surface area contributed by atoms with Crippen molar-refractivity contribution in [3.05, 3.63) is 63.7 Å². The lowest BCUT2D eigenvalue weighted by atomic mass is 9.90. The molecule has 0 amide bonds. The van der Waals surface area contributed by atoms with Gasteiger partial charge in [-0.25, -0.2) is 0 Å². The monoisotopic (exact) mass is 353 g/mol. The zero-order chi connectivity index (χ0) is 18.8. The number of halogens is 3. The summed E-state index contributed by atoms with van der Waals surface area (Å²) in [6, 6.07) is 8.14. The molecule has 0 spiro atoms. The van der Waals surface area contributed by atoms with E-state index in [4.69, 9.17) is 5.11 Å². The Labute approximate surface area is 140 Å². The van der Waals surface area contributed by atoms with Gasteiger partial charge >= 0.3 is 12.1 Å². The highest BCUT2D eigenvalue weighted by Crippen LogP contribution is 2.39. The normalized spacial score (nSPS) is 12.6. The van der Waals surface area contributed by atoms with Crippen molar-refractivity contribution in [2.45, 2.75) is 25.4 Å². The molecule has 0 saturated carbocycles. The van der Waals surface area contributed by atoms with Gasteiger partial charge in [-0.1, -0.05) is 31.2 Å². The van der Waals surface area contributed by atoms with Gasteiger partial charge in [0.1, 0.15) is 0 Å². The Bertz CT molecular complexity index is 818. The number of non-ortho nitro benzene ring substituents is 1. The van der Waals surface area contributed by atoms with Crippen molar-refractivity contribution in [2.75, 3.05) is 0 Å². The second-order valence-corrected chi connectivity index (χ2v) is 5.41. The first kappa shape index (κ1) is 18.4. The highest BCUT2D eigenvalue weighted by molar-refractivity contribution is 5.77. The summed E-state index contributed by atoms with van der Waals surface area (Å²) in [6.07, 6.45) is -4.59. The van der Waals surface area contributed by atoms with Crippen LogP contribution in [0.4, 0.5) is 18.9 Å². The Kier molecular flexibility index (Phi) is 5.10. The molecule has 1 unspecified atom stereocenters. The Hall–Kier alpha value is -2.90. The largest absolute Gasteiger partial charge is 0.481 e. The number of nitro groups is 1. The lowest BCUT2D eigenvalue weighted by molar-refractivity contribution is -0.384. The molecule has 0 heterocycles. The van der Waals surface area contributed by atoms with Crippen molar-refractivity contribution in [1.29, 1.82) is 0 Å². The molecule has 0 aliphatic carbocycles. The molecule has 8 heteroatoms. The first-order valence-corrected chi connectivity index (χ1v) is 7.34. The van der Waals surface area contributed by atoms with Crippen molar-refractivity contribution in [3.63, 3.8) is 0 Å². The number of alkyl halides is 3. The molecular formula is C17H14F3NO4. The standard InChI is InChI=1S/C17H14F3NO4/c1-2-13(16(22)23)11-6-7-14(15(9-11)17(18,19)20)10-4-3-5-12(8-10)21(24)25/h3-9,13H,2H2,1H3,(H,22,23). The second-order valence-electron chi connectivity index (χ2n) is 5.41. The van der Waals surface area contributed by atoms with Gasteiger partial charge in [0.05, 0.1) is 16.4 Å². The third-order valence-electron chi connectivity index (χ3n) is 3.83. The van der Waals surface area contributed by atoms with Crippen LogP contribution in [-0.4, -0.2) is 16.0 Å². The van der Waals surface area contributed by atoms with Crippen LogP contribution in [0.3, 0.4) is 0 Å². The van der Waals surface area contributed by atoms with E-state index in [1.54, 1.807) is 6.92 Å². The van der Waals surface area contributed by atoms with E-state index in [-0.39, 0.29) is 28.8 Å². The zero-order valence-electron chi connectivity index (χ0n) is 13.1. The number of nitro benzene ring substituents is 1. The van der Waals surface area contributed by atoms with Gasteiger partial charge in [-0.05, 0) is 29.2 Å². The third kappa shape index (κ3) is 3.96. The molecule has 0 saturated heterocycles. The van der Waals surface area contributed by atoms with Crippen LogP contribution >= 0.6 is 0 Å². The van der Waals surface area contributed by atoms with E-state index in [1.165, 1.54) is 24.3 Å². The number of rotatable bonds is 5. The average Bonchev–Trinajstić information content (AvgIpc) is 2.54. The van der Waals surface area contributed by atoms with Crippen LogP contribution in [0.5, 0.6) is 0 Å². The van der Waals surface area contributed by atoms with Crippen LogP contribution in [0.2, 0.25) is 0 Å². The van der Waals surface area contributed by atoms with Crippen LogP contribution in [-0.2, 0) is 11.0 Å². The minimum atomic E-state index is -4.73. The van der Waals surface area contributed by atoms with E-state index in [9.17, 15) is 28.1 Å². The van der Waals surface area contributed by atoms with Crippen LogP contribution in [0.25, 0.3) is 11.1 Å². The second kappa shape index (κ2) is 6.92. The first-order valence-electron chi connectivity index (χ1n) is 7.34. The molecule has 0 fully saturated rings. The molecule has 2 aromatic carbocycles. The molecular weight excluding hydrogens is 339 g/mol. The lowest BCUT2D eigenvalue weighted by Gasteiger charge is -2.17. The van der Waals surface area contributed by atoms with Crippen molar-refractivity contribution >= 4 is 11.7 Å². The number of hydrogen-bond acceptors (Lipinski definition) is 3. The van der Waals surface area contributed by atoms with E-state index in [0.29, 0.717) is 0 Å². The summed E-state index contributed by atoms with van der Waals surface area (Å²) in [6.45, 7) is 1.57. The fourth-order valence-electron chi connectivity index (χ4n) is 2.60. The van der Waals surface area contributed by atoms with Crippen molar-refractivity contribution in [1.82, 2.24) is 0 Å². The summed E-state index contributed by atoms with van der Waals surface area (Å²) in [7, 11) is 0. The fourth-order valence-corrected chi connectivity index (χ4v) is 2.60. The number of carbonyl (C=O) groups is 1. The molecule has 0 bridgehead atoms. The first-order chi connectivity index (χ1) is 11.6. The number of benzene rings is 2. The molecule has 0 aliphatic rings. The number of nitrogens with zero attached hydrogens (tertiary/aromatic N) is 1. The average molecular weight is 353 g/mol. The lowest BCUT2D eigenvalue weighted by Crippen LogP contribution is -2.13. The van der Waals surface area contributed by atoms with E-state index in [0.717, 1.165) is 18.2 Å². The Morgan fingerprint density at radius 2 is 1.92 bits per heavy atom. The number of carboxylic acids is 1. The maximum absolute atomic E-state index is 13.5. The molecule has 0 radical (unpaired) electrons. The molecule has 1 N–H and O–H groups in total. The van der Waals surface area contributed by atoms with Crippen LogP contribution in [0, 0.1) is 10.1 Å². The smallest absolute Gasteiger partial charge is 0.417 e. The Morgan fingerprint density at radius 3 is 2.44 bits per heavy atom. The SMILES string of the molecule is CCC(C(=O)O)c1ccc(-c2cccc([N+](=O)[O-])c2)c(C(F)(F)F)c1. The maximum atomic E-state index is 13.5. The molecule has 5 nitrogen and oxygen atoms in total. The molecule has 25 heavy (non-hydrogen) atoms. The molecule has 0 aromatic heterocycles. The molecule has 0 aliphatic heterocycles. The highest BCUT2D eigenvalue weighted by atomic mass is 19.4. The molecule has 132 valence electrons. The Morgan fingerprint density at radius 1 is 1.24 bits per heavy atom. The summed E-state index contributed by atoms with van der Waals surface area (Å²) in [5, 5.41) is 20.0. The summed E-state index contributed by atoms with van der Waals surface area (Å²) >= 11 is 0. The minimum Gasteiger partial charge on any atom is -0.481 e. The summed E-state index contributed by atoms with van der Waals surface area (Å²) in [5.74, 6) is -2.26. The highest BCUT2D eigenvalue weighted by Gasteiger charge is 2.35. The van der Waals surface area contributed by atoms with Crippen molar-refractivity contribution in [2.24, 2.45) is 0 Å². The zero-order valence-corrected chi connectivity index (χ0v) is 13.1. The van der Waals surface area contributed by atoms with Gasteiger partial charge in [-0.2, -0.15) is 13.2 Å². The quantitative estimate of drug-likeness (QED) is 0.615. The Balaban J connectivity index is 2.65. The fraction of sp³-hybridized carbons (Fsp3) is 0.235. The summed E-state index contributed by atoms with van der Waals surface area (Å²) in [5.41, 5.74) is -1.51. The van der Waals surface area contributed by atoms with E-state index in [1.807, 2.05) is 0 Å². The van der Waals surface area contributed by atoms with Crippen LogP contribution in [0.1, 0.15) is 30.4 Å². The predicted octanol–water partition coefficient (Wildman–Crippen LogP) is 4.86. The molecule has 2 rings (SSSR count). The third-order valence-corrected chi connectivity index (χ3v) is 3.83. The van der Waals surface area contributed by atoms with Gasteiger partial charge in [-0.3, -0.25) is 14.9 Å². The van der Waals surface area contributed by atoms with Gasteiger partial charge in [0, 0.05) is 12.1 Å². The maximum Gasteiger partial charge on any atom is 0.417 e. The summed E-state index contributed by atoms with van der Waals surface area (Å²) in [4.78, 5) is 21.4. The van der Waals surface area contributed by atoms with Crippen molar-refractivity contribution in [3.8, 4) is 11.1 Å². The van der Waals surface area contributed by atoms with E-state index in [2.05, 4.69) is 0 Å². The molecule has 1 atom stereocenters. The van der Waals surface area contributed by atoms with E-state index < -0.39 is 28.6 Å². The van der Waals surface area contributed by atoms with Gasteiger partial charge in [0.25, 0.3) is 5.69 Å². The van der Waals surface area contributed by atoms with Crippen molar-refractivity contribution < 1.29 is 28.0 Å². The predicted molar refractivity (Wildman–Crippen MR) is 84.2 cm³/mol.